The molecule has 0 fully saturated rings. The highest BCUT2D eigenvalue weighted by Gasteiger charge is 2.05. The number of nitrogens with zero attached hydrogens (tertiary/aromatic N) is 1. The molecule has 1 aromatic heterocycles. The highest BCUT2D eigenvalue weighted by molar-refractivity contribution is 5.84. The van der Waals surface area contributed by atoms with Gasteiger partial charge in [0.1, 0.15) is 6.61 Å². The van der Waals surface area contributed by atoms with Crippen LogP contribution in [0, 0.1) is 6.92 Å². The number of esters is 1. The Morgan fingerprint density at radius 2 is 2.19 bits per heavy atom. The molecule has 0 aliphatic heterocycles. The third kappa shape index (κ3) is 2.03. The van der Waals surface area contributed by atoms with Gasteiger partial charge in [-0.1, -0.05) is 18.2 Å². The predicted octanol–water partition coefficient (Wildman–Crippen LogP) is 2.61. The lowest BCUT2D eigenvalue weighted by atomic mass is 10.1. The van der Waals surface area contributed by atoms with E-state index in [9.17, 15) is 4.79 Å². The van der Waals surface area contributed by atoms with Gasteiger partial charge < -0.3 is 4.74 Å². The van der Waals surface area contributed by atoms with E-state index in [-0.39, 0.29) is 12.6 Å². The highest BCUT2D eigenvalue weighted by atomic mass is 16.5. The summed E-state index contributed by atoms with van der Waals surface area (Å²) in [5.41, 5.74) is 3.02. The average Bonchev–Trinajstić information content (AvgIpc) is 2.28. The van der Waals surface area contributed by atoms with Crippen LogP contribution in [0.2, 0.25) is 0 Å². The van der Waals surface area contributed by atoms with Gasteiger partial charge in [0.25, 0.3) is 0 Å². The normalized spacial score (nSPS) is 10.4. The average molecular weight is 215 g/mol. The molecule has 2 aromatic rings. The Kier molecular flexibility index (Phi) is 2.86. The van der Waals surface area contributed by atoms with Crippen LogP contribution in [-0.2, 0) is 16.1 Å². The topological polar surface area (TPSA) is 39.2 Å². The van der Waals surface area contributed by atoms with Crippen molar-refractivity contribution in [2.45, 2.75) is 20.5 Å². The molecule has 0 saturated heterocycles. The maximum absolute atomic E-state index is 10.8. The molecule has 0 spiro atoms. The van der Waals surface area contributed by atoms with E-state index in [2.05, 4.69) is 4.98 Å². The zero-order valence-electron chi connectivity index (χ0n) is 9.36. The van der Waals surface area contributed by atoms with Gasteiger partial charge in [0.15, 0.2) is 0 Å². The zero-order valence-corrected chi connectivity index (χ0v) is 9.36. The number of hydrogen-bond acceptors (Lipinski definition) is 3. The number of aromatic nitrogens is 1. The molecule has 3 nitrogen and oxygen atoms in total. The number of pyridine rings is 1. The fraction of sp³-hybridized carbons (Fsp3) is 0.231. The molecule has 0 saturated carbocycles. The van der Waals surface area contributed by atoms with E-state index in [1.165, 1.54) is 12.5 Å². The molecule has 0 amide bonds. The smallest absolute Gasteiger partial charge is 0.302 e. The van der Waals surface area contributed by atoms with Crippen LogP contribution < -0.4 is 0 Å². The largest absolute Gasteiger partial charge is 0.461 e. The molecule has 3 heteroatoms. The second-order valence-corrected chi connectivity index (χ2v) is 3.72. The second-order valence-electron chi connectivity index (χ2n) is 3.72. The molecular weight excluding hydrogens is 202 g/mol. The van der Waals surface area contributed by atoms with Gasteiger partial charge in [-0.25, -0.2) is 0 Å². The maximum Gasteiger partial charge on any atom is 0.302 e. The van der Waals surface area contributed by atoms with Gasteiger partial charge in [-0.15, -0.1) is 0 Å². The monoisotopic (exact) mass is 215 g/mol. The van der Waals surface area contributed by atoms with Gasteiger partial charge in [0.2, 0.25) is 0 Å². The van der Waals surface area contributed by atoms with Crippen molar-refractivity contribution >= 4 is 16.9 Å². The van der Waals surface area contributed by atoms with Crippen LogP contribution in [0.25, 0.3) is 10.9 Å². The molecule has 0 aliphatic carbocycles. The summed E-state index contributed by atoms with van der Waals surface area (Å²) in [4.78, 5) is 15.1. The van der Waals surface area contributed by atoms with Crippen molar-refractivity contribution < 1.29 is 9.53 Å². The molecule has 2 rings (SSSR count). The minimum Gasteiger partial charge on any atom is -0.461 e. The fourth-order valence-corrected chi connectivity index (χ4v) is 1.67. The lowest BCUT2D eigenvalue weighted by Gasteiger charge is -2.07. The standard InChI is InChI=1S/C13H13NO2/c1-9-5-6-11(8-16-10(2)15)13-12(9)4-3-7-14-13/h3-7H,8H2,1-2H3. The van der Waals surface area contributed by atoms with Crippen molar-refractivity contribution in [1.29, 1.82) is 0 Å². The van der Waals surface area contributed by atoms with Crippen LogP contribution in [0.1, 0.15) is 18.1 Å². The van der Waals surface area contributed by atoms with Crippen LogP contribution in [0.15, 0.2) is 30.5 Å². The lowest BCUT2D eigenvalue weighted by molar-refractivity contribution is -0.142. The number of hydrogen-bond donors (Lipinski definition) is 0. The number of carbonyl (C=O) groups excluding carboxylic acids is 1. The molecule has 16 heavy (non-hydrogen) atoms. The van der Waals surface area contributed by atoms with E-state index in [4.69, 9.17) is 4.74 Å². The van der Waals surface area contributed by atoms with Crippen molar-refractivity contribution in [3.63, 3.8) is 0 Å². The Hall–Kier alpha value is -1.90. The first kappa shape index (κ1) is 10.6. The van der Waals surface area contributed by atoms with Gasteiger partial charge >= 0.3 is 5.97 Å². The first-order valence-electron chi connectivity index (χ1n) is 5.15. The summed E-state index contributed by atoms with van der Waals surface area (Å²) in [6.07, 6.45) is 1.75. The van der Waals surface area contributed by atoms with Crippen LogP contribution in [0.4, 0.5) is 0 Å². The summed E-state index contributed by atoms with van der Waals surface area (Å²) in [7, 11) is 0. The van der Waals surface area contributed by atoms with Gasteiger partial charge in [0, 0.05) is 24.1 Å². The van der Waals surface area contributed by atoms with E-state index in [0.29, 0.717) is 0 Å². The molecule has 0 N–H and O–H groups in total. The number of carbonyl (C=O) groups is 1. The Morgan fingerprint density at radius 3 is 2.94 bits per heavy atom. The molecular formula is C13H13NO2. The maximum atomic E-state index is 10.8. The minimum atomic E-state index is -0.273. The number of fused-ring (bicyclic) bond motifs is 1. The molecule has 0 atom stereocenters. The highest BCUT2D eigenvalue weighted by Crippen LogP contribution is 2.20. The van der Waals surface area contributed by atoms with Gasteiger partial charge in [-0.3, -0.25) is 9.78 Å². The molecule has 82 valence electrons. The second kappa shape index (κ2) is 4.31. The van der Waals surface area contributed by atoms with E-state index in [1.54, 1.807) is 6.20 Å². The lowest BCUT2D eigenvalue weighted by Crippen LogP contribution is -2.00. The predicted molar refractivity (Wildman–Crippen MR) is 62.0 cm³/mol. The number of benzene rings is 1. The van der Waals surface area contributed by atoms with Crippen molar-refractivity contribution in [2.24, 2.45) is 0 Å². The minimum absolute atomic E-state index is 0.273. The van der Waals surface area contributed by atoms with Gasteiger partial charge in [-0.2, -0.15) is 0 Å². The van der Waals surface area contributed by atoms with E-state index >= 15 is 0 Å². The first-order chi connectivity index (χ1) is 7.68. The van der Waals surface area contributed by atoms with Crippen LogP contribution in [0.3, 0.4) is 0 Å². The quantitative estimate of drug-likeness (QED) is 0.723. The third-order valence-electron chi connectivity index (χ3n) is 2.50. The van der Waals surface area contributed by atoms with Crippen molar-refractivity contribution in [2.75, 3.05) is 0 Å². The Morgan fingerprint density at radius 1 is 1.38 bits per heavy atom. The zero-order chi connectivity index (χ0) is 11.5. The summed E-state index contributed by atoms with van der Waals surface area (Å²) < 4.78 is 5.00. The molecule has 0 bridgehead atoms. The number of aryl methyl sites for hydroxylation is 1. The van der Waals surface area contributed by atoms with Crippen molar-refractivity contribution in [1.82, 2.24) is 4.98 Å². The Balaban J connectivity index is 2.46. The summed E-state index contributed by atoms with van der Waals surface area (Å²) in [6.45, 7) is 3.73. The van der Waals surface area contributed by atoms with Crippen molar-refractivity contribution in [3.8, 4) is 0 Å². The van der Waals surface area contributed by atoms with Crippen LogP contribution in [-0.4, -0.2) is 11.0 Å². The SMILES string of the molecule is CC(=O)OCc1ccc(C)c2cccnc12. The molecule has 1 aromatic carbocycles. The summed E-state index contributed by atoms with van der Waals surface area (Å²) in [5.74, 6) is -0.273. The van der Waals surface area contributed by atoms with E-state index < -0.39 is 0 Å². The fourth-order valence-electron chi connectivity index (χ4n) is 1.67. The summed E-state index contributed by atoms with van der Waals surface area (Å²) >= 11 is 0. The molecule has 0 radical (unpaired) electrons. The molecule has 0 unspecified atom stereocenters. The Labute approximate surface area is 94.1 Å². The molecule has 1 heterocycles. The van der Waals surface area contributed by atoms with E-state index in [1.807, 2.05) is 31.2 Å². The van der Waals surface area contributed by atoms with Gasteiger partial charge in [-0.05, 0) is 18.6 Å². The number of ether oxygens (including phenoxy) is 1. The molecule has 0 aliphatic rings. The van der Waals surface area contributed by atoms with Crippen molar-refractivity contribution in [3.05, 3.63) is 41.6 Å². The summed E-state index contributed by atoms with van der Waals surface area (Å²) in [6, 6.07) is 7.90. The first-order valence-corrected chi connectivity index (χ1v) is 5.15. The summed E-state index contributed by atoms with van der Waals surface area (Å²) in [5, 5.41) is 1.10. The van der Waals surface area contributed by atoms with Crippen LogP contribution >= 0.6 is 0 Å². The third-order valence-corrected chi connectivity index (χ3v) is 2.50. The van der Waals surface area contributed by atoms with E-state index in [0.717, 1.165) is 16.5 Å². The van der Waals surface area contributed by atoms with Crippen LogP contribution in [0.5, 0.6) is 0 Å². The van der Waals surface area contributed by atoms with Gasteiger partial charge in [0.05, 0.1) is 5.52 Å². The number of rotatable bonds is 2. The Bertz CT molecular complexity index is 534.